The molecule has 0 saturated heterocycles. The summed E-state index contributed by atoms with van der Waals surface area (Å²) in [5.41, 5.74) is 0.523. The molecule has 6 heteroatoms. The number of Topliss-reactive ketones (excluding diaryl/α,β-unsaturated/α-hetero) is 1. The number of fused-ring (bicyclic) bond motifs is 1. The highest BCUT2D eigenvalue weighted by molar-refractivity contribution is 7.80. The summed E-state index contributed by atoms with van der Waals surface area (Å²) in [4.78, 5) is 27.2. The third-order valence-corrected chi connectivity index (χ3v) is 5.44. The topological polar surface area (TPSA) is 49.4 Å². The summed E-state index contributed by atoms with van der Waals surface area (Å²) < 4.78 is 14.9. The van der Waals surface area contributed by atoms with E-state index in [1.807, 2.05) is 13.8 Å². The average Bonchev–Trinajstić information content (AvgIpc) is 3.16. The molecule has 0 radical (unpaired) electrons. The van der Waals surface area contributed by atoms with Gasteiger partial charge in [0.25, 0.3) is 5.91 Å². The summed E-state index contributed by atoms with van der Waals surface area (Å²) in [6, 6.07) is 2.94. The fourth-order valence-electron chi connectivity index (χ4n) is 4.18. The molecule has 1 aliphatic carbocycles. The van der Waals surface area contributed by atoms with Crippen LogP contribution in [0.2, 0.25) is 0 Å². The van der Waals surface area contributed by atoms with E-state index in [9.17, 15) is 14.0 Å². The highest BCUT2D eigenvalue weighted by atomic mass is 32.1. The first-order valence-electron chi connectivity index (χ1n) is 8.73. The van der Waals surface area contributed by atoms with E-state index in [2.05, 4.69) is 5.32 Å². The molecule has 25 heavy (non-hydrogen) atoms. The van der Waals surface area contributed by atoms with Crippen molar-refractivity contribution in [3.8, 4) is 0 Å². The Labute approximate surface area is 152 Å². The van der Waals surface area contributed by atoms with Gasteiger partial charge in [-0.25, -0.2) is 4.39 Å². The van der Waals surface area contributed by atoms with Crippen molar-refractivity contribution >= 4 is 34.6 Å². The first kappa shape index (κ1) is 18.0. The number of hydrogen-bond donors (Lipinski definition) is 1. The maximum absolute atomic E-state index is 14.9. The first-order chi connectivity index (χ1) is 11.8. The Morgan fingerprint density at radius 1 is 1.32 bits per heavy atom. The summed E-state index contributed by atoms with van der Waals surface area (Å²) in [5.74, 6) is -0.745. The van der Waals surface area contributed by atoms with E-state index in [1.165, 1.54) is 6.07 Å². The number of rotatable bonds is 4. The lowest BCUT2D eigenvalue weighted by Gasteiger charge is -2.42. The SMILES string of the molecule is CC(=S)N(c1cc2c(cc1F)CNC2=O)C1(C(=O)C(C)C)CCCC1. The molecule has 2 aliphatic rings. The van der Waals surface area contributed by atoms with Crippen molar-refractivity contribution in [3.05, 3.63) is 29.1 Å². The highest BCUT2D eigenvalue weighted by Crippen LogP contribution is 2.42. The van der Waals surface area contributed by atoms with Crippen LogP contribution in [-0.4, -0.2) is 22.2 Å². The van der Waals surface area contributed by atoms with Crippen molar-refractivity contribution in [1.29, 1.82) is 0 Å². The molecule has 1 amide bonds. The minimum absolute atomic E-state index is 0.0820. The van der Waals surface area contributed by atoms with E-state index >= 15 is 0 Å². The molecule has 1 aromatic rings. The quantitative estimate of drug-likeness (QED) is 0.829. The number of carbonyl (C=O) groups excluding carboxylic acids is 2. The number of anilines is 1. The Morgan fingerprint density at radius 2 is 1.96 bits per heavy atom. The number of benzene rings is 1. The number of nitrogens with one attached hydrogen (secondary N) is 1. The van der Waals surface area contributed by atoms with Gasteiger partial charge in [-0.15, -0.1) is 0 Å². The maximum Gasteiger partial charge on any atom is 0.251 e. The second kappa shape index (κ2) is 6.48. The molecule has 134 valence electrons. The number of thiocarbonyl (C=S) groups is 1. The molecule has 0 unspecified atom stereocenters. The third-order valence-electron chi connectivity index (χ3n) is 5.25. The molecule has 1 aromatic carbocycles. The minimum atomic E-state index is -0.815. The fraction of sp³-hybridized carbons (Fsp3) is 0.526. The Bertz CT molecular complexity index is 754. The van der Waals surface area contributed by atoms with Crippen molar-refractivity contribution in [2.75, 3.05) is 4.90 Å². The van der Waals surface area contributed by atoms with Crippen LogP contribution in [0.25, 0.3) is 0 Å². The normalized spacial score (nSPS) is 18.2. The number of hydrogen-bond acceptors (Lipinski definition) is 3. The zero-order valence-corrected chi connectivity index (χ0v) is 15.6. The van der Waals surface area contributed by atoms with Crippen LogP contribution in [0.4, 0.5) is 10.1 Å². The van der Waals surface area contributed by atoms with E-state index < -0.39 is 11.4 Å². The molecule has 1 heterocycles. The summed E-state index contributed by atoms with van der Waals surface area (Å²) in [6.07, 6.45) is 3.12. The fourth-order valence-corrected chi connectivity index (χ4v) is 4.45. The van der Waals surface area contributed by atoms with Gasteiger partial charge in [0.15, 0.2) is 5.78 Å². The van der Waals surface area contributed by atoms with E-state index in [0.717, 1.165) is 12.8 Å². The number of carbonyl (C=O) groups is 2. The lowest BCUT2D eigenvalue weighted by Crippen LogP contribution is -2.56. The molecular formula is C19H23FN2O2S. The summed E-state index contributed by atoms with van der Waals surface area (Å²) in [5, 5.41) is 2.70. The Morgan fingerprint density at radius 3 is 2.52 bits per heavy atom. The molecule has 1 saturated carbocycles. The van der Waals surface area contributed by atoms with Crippen LogP contribution in [0.15, 0.2) is 12.1 Å². The van der Waals surface area contributed by atoms with Gasteiger partial charge in [0.1, 0.15) is 11.4 Å². The maximum atomic E-state index is 14.9. The van der Waals surface area contributed by atoms with Gasteiger partial charge in [0, 0.05) is 18.0 Å². The molecule has 1 aliphatic heterocycles. The molecule has 0 bridgehead atoms. The van der Waals surface area contributed by atoms with Crippen molar-refractivity contribution < 1.29 is 14.0 Å². The van der Waals surface area contributed by atoms with Gasteiger partial charge in [0.2, 0.25) is 0 Å². The van der Waals surface area contributed by atoms with Gasteiger partial charge in [-0.3, -0.25) is 9.59 Å². The second-order valence-corrected chi connectivity index (χ2v) is 7.85. The van der Waals surface area contributed by atoms with Crippen LogP contribution >= 0.6 is 12.2 Å². The van der Waals surface area contributed by atoms with Gasteiger partial charge in [-0.05, 0) is 37.5 Å². The molecule has 3 rings (SSSR count). The van der Waals surface area contributed by atoms with Crippen molar-refractivity contribution in [1.82, 2.24) is 5.32 Å². The lowest BCUT2D eigenvalue weighted by atomic mass is 9.83. The number of nitrogens with zero attached hydrogens (tertiary/aromatic N) is 1. The van der Waals surface area contributed by atoms with E-state index in [1.54, 1.807) is 17.9 Å². The van der Waals surface area contributed by atoms with Crippen LogP contribution in [0.5, 0.6) is 0 Å². The predicted octanol–water partition coefficient (Wildman–Crippen LogP) is 3.76. The second-order valence-electron chi connectivity index (χ2n) is 7.26. The Kier molecular flexibility index (Phi) is 4.66. The summed E-state index contributed by atoms with van der Waals surface area (Å²) >= 11 is 5.44. The number of ketones is 1. The molecular weight excluding hydrogens is 339 g/mol. The van der Waals surface area contributed by atoms with Gasteiger partial charge >= 0.3 is 0 Å². The van der Waals surface area contributed by atoms with E-state index in [-0.39, 0.29) is 23.3 Å². The highest BCUT2D eigenvalue weighted by Gasteiger charge is 2.48. The van der Waals surface area contributed by atoms with Crippen LogP contribution in [0.3, 0.4) is 0 Å². The molecule has 4 nitrogen and oxygen atoms in total. The van der Waals surface area contributed by atoms with Crippen LogP contribution in [0, 0.1) is 11.7 Å². The minimum Gasteiger partial charge on any atom is -0.348 e. The van der Waals surface area contributed by atoms with Gasteiger partial charge in [-0.1, -0.05) is 38.9 Å². The summed E-state index contributed by atoms with van der Waals surface area (Å²) in [6.45, 7) is 5.78. The van der Waals surface area contributed by atoms with Gasteiger partial charge in [-0.2, -0.15) is 0 Å². The third kappa shape index (κ3) is 2.86. The van der Waals surface area contributed by atoms with Crippen LogP contribution in [0.1, 0.15) is 62.4 Å². The predicted molar refractivity (Wildman–Crippen MR) is 99.4 cm³/mol. The Hall–Kier alpha value is -1.82. The average molecular weight is 362 g/mol. The van der Waals surface area contributed by atoms with Crippen LogP contribution < -0.4 is 10.2 Å². The standard InChI is InChI=1S/C19H23FN2O2S/c1-11(2)17(23)19(6-4-5-7-19)22(12(3)25)16-9-14-13(8-15(16)20)10-21-18(14)24/h8-9,11H,4-7,10H2,1-3H3,(H,21,24). The Balaban J connectivity index is 2.17. The molecule has 0 spiro atoms. The monoisotopic (exact) mass is 362 g/mol. The zero-order chi connectivity index (χ0) is 18.4. The van der Waals surface area contributed by atoms with E-state index in [0.29, 0.717) is 35.5 Å². The van der Waals surface area contributed by atoms with Crippen LogP contribution in [-0.2, 0) is 11.3 Å². The van der Waals surface area contributed by atoms with E-state index in [4.69, 9.17) is 12.2 Å². The smallest absolute Gasteiger partial charge is 0.251 e. The molecule has 0 aromatic heterocycles. The number of halogens is 1. The largest absolute Gasteiger partial charge is 0.348 e. The summed E-state index contributed by atoms with van der Waals surface area (Å²) in [7, 11) is 0. The van der Waals surface area contributed by atoms with Crippen molar-refractivity contribution in [2.24, 2.45) is 5.92 Å². The molecule has 0 atom stereocenters. The molecule has 1 fully saturated rings. The van der Waals surface area contributed by atoms with Crippen molar-refractivity contribution in [2.45, 2.75) is 58.5 Å². The van der Waals surface area contributed by atoms with Gasteiger partial charge in [0.05, 0.1) is 10.7 Å². The molecule has 1 N–H and O–H groups in total. The zero-order valence-electron chi connectivity index (χ0n) is 14.8. The first-order valence-corrected chi connectivity index (χ1v) is 9.14. The number of amides is 1. The van der Waals surface area contributed by atoms with Gasteiger partial charge < -0.3 is 10.2 Å². The lowest BCUT2D eigenvalue weighted by molar-refractivity contribution is -0.126. The van der Waals surface area contributed by atoms with Crippen molar-refractivity contribution in [3.63, 3.8) is 0 Å².